The van der Waals surface area contributed by atoms with Gasteiger partial charge in [-0.25, -0.2) is 0 Å². The van der Waals surface area contributed by atoms with Crippen LogP contribution in [-0.4, -0.2) is 91.7 Å². The topological polar surface area (TPSA) is 64.6 Å². The molecule has 0 spiro atoms. The Morgan fingerprint density at radius 2 is 0.917 bits per heavy atom. The van der Waals surface area contributed by atoms with E-state index >= 15 is 0 Å². The summed E-state index contributed by atoms with van der Waals surface area (Å²) in [6.45, 7) is 41.4. The molecule has 1 saturated heterocycles. The minimum atomic E-state index is -1.98. The fourth-order valence-corrected chi connectivity index (χ4v) is 31.2. The predicted octanol–water partition coefficient (Wildman–Crippen LogP) is 12.9. The van der Waals surface area contributed by atoms with Gasteiger partial charge >= 0.3 is 17.1 Å². The molecule has 312 valence electrons. The first kappa shape index (κ1) is 82.9. The van der Waals surface area contributed by atoms with Crippen molar-refractivity contribution in [2.24, 2.45) is 0 Å². The van der Waals surface area contributed by atoms with Crippen LogP contribution in [0.15, 0.2) is 0 Å². The van der Waals surface area contributed by atoms with Gasteiger partial charge in [0.2, 0.25) is 0 Å². The number of hydrogen-bond donors (Lipinski definition) is 0. The fraction of sp³-hybridized carbons (Fsp3) is 1.00. The molecule has 1 rings (SSSR count). The van der Waals surface area contributed by atoms with Crippen molar-refractivity contribution < 1.29 is 29.4 Å². The predicted molar refractivity (Wildman–Crippen MR) is 257 cm³/mol. The van der Waals surface area contributed by atoms with Crippen LogP contribution in [-0.2, 0) is 29.4 Å². The second-order valence-corrected chi connectivity index (χ2v) is 44.9. The van der Waals surface area contributed by atoms with Gasteiger partial charge in [-0.05, 0) is 130 Å². The van der Waals surface area contributed by atoms with E-state index in [4.69, 9.17) is 29.4 Å². The largest absolute Gasteiger partial charge is 0.440 e. The maximum atomic E-state index is 6.14. The first-order valence-electron chi connectivity index (χ1n) is 14.4. The van der Waals surface area contributed by atoms with Crippen LogP contribution in [0.25, 0.3) is 0 Å². The Kier molecular flexibility index (Phi) is 63.9. The zero-order valence-corrected chi connectivity index (χ0v) is 38.1. The Morgan fingerprint density at radius 3 is 1.23 bits per heavy atom. The maximum Gasteiger partial charge on any atom is 0.312 e. The van der Waals surface area contributed by atoms with Gasteiger partial charge < -0.3 is 29.4 Å². The first-order valence-corrected chi connectivity index (χ1v) is 40.1. The Hall–Kier alpha value is 1.67. The summed E-state index contributed by atoms with van der Waals surface area (Å²) in [4.78, 5) is 0. The molecule has 0 aromatic rings. The highest BCUT2D eigenvalue weighted by Crippen LogP contribution is 2.18. The minimum Gasteiger partial charge on any atom is -0.440 e. The van der Waals surface area contributed by atoms with Gasteiger partial charge in [0.25, 0.3) is 9.28 Å². The maximum absolute atomic E-state index is 6.14. The highest BCUT2D eigenvalue weighted by Gasteiger charge is 2.34. The summed E-state index contributed by atoms with van der Waals surface area (Å²) in [6, 6.07) is 2.36. The minimum absolute atomic E-state index is 0. The number of hydrogen-bond acceptors (Lipinski definition) is 7. The Morgan fingerprint density at radius 1 is 0.542 bits per heavy atom. The van der Waals surface area contributed by atoms with E-state index in [1.807, 2.05) is 0 Å². The molecule has 0 aromatic heterocycles. The van der Waals surface area contributed by atoms with E-state index in [1.54, 1.807) is 0 Å². The molecule has 16 heteroatoms. The lowest BCUT2D eigenvalue weighted by Gasteiger charge is -2.34. The molecule has 2 atom stereocenters. The van der Waals surface area contributed by atoms with Crippen molar-refractivity contribution in [1.29, 1.82) is 0 Å². The van der Waals surface area contributed by atoms with Crippen LogP contribution in [0.1, 0.15) is 74.3 Å². The van der Waals surface area contributed by atoms with Crippen LogP contribution >= 0.6 is 0 Å². The monoisotopic (exact) mass is 855 g/mol. The molecule has 48 heavy (non-hydrogen) atoms. The molecule has 0 saturated carbocycles. The Balaban J connectivity index is -0.0000000373. The SMILES string of the molecule is C.C.C.C.C.C.C.C.C.C.C[SiH](C)O[Si](C)(C)O[SiH](C)C.C[SiH](O[Si](C)(C)C)O[Si](C)(C)O[Si](C)(C)C.C[SiH]1CCO[Si](C)(C)CCO1. The van der Waals surface area contributed by atoms with E-state index in [1.165, 1.54) is 12.1 Å². The third-order valence-corrected chi connectivity index (χ3v) is 29.4. The molecule has 1 aliphatic heterocycles. The van der Waals surface area contributed by atoms with E-state index in [2.05, 4.69) is 118 Å². The molecule has 1 aliphatic rings. The zero-order chi connectivity index (χ0) is 30.6. The molecular formula is C32H106O7Si9. The smallest absolute Gasteiger partial charge is 0.312 e. The summed E-state index contributed by atoms with van der Waals surface area (Å²) in [5.74, 6) is 0. The fourth-order valence-electron chi connectivity index (χ4n) is 4.01. The molecule has 7 nitrogen and oxygen atoms in total. The lowest BCUT2D eigenvalue weighted by molar-refractivity contribution is 0.272. The van der Waals surface area contributed by atoms with Crippen molar-refractivity contribution in [1.82, 2.24) is 0 Å². The lowest BCUT2D eigenvalue weighted by atomic mass is 10.9. The molecule has 0 aromatic carbocycles. The van der Waals surface area contributed by atoms with E-state index in [9.17, 15) is 0 Å². The standard InChI is InChI=1S/C9H28O3Si4.C7H18O2Si2.C6H20O2Si3.10CH4/c1-13(10-14(2,3)4)11-16(8,9)12-15(5,6)7;1-10-6-4-9-11(2,3)7-5-8-10;1-9(2)7-11(5,6)8-10(3)4;;;;;;;;;;/h13H,1-9H3;10H,4-7H2,1-3H3;9-10H,1-6H3;10*1H4. The average Bonchev–Trinajstić information content (AvgIpc) is 2.53. The Labute approximate surface area is 323 Å². The average molecular weight is 856 g/mol. The highest BCUT2D eigenvalue weighted by atomic mass is 28.5. The van der Waals surface area contributed by atoms with Gasteiger partial charge in [0.1, 0.15) is 0 Å². The van der Waals surface area contributed by atoms with Crippen LogP contribution < -0.4 is 0 Å². The lowest BCUT2D eigenvalue weighted by Crippen LogP contribution is -2.49. The van der Waals surface area contributed by atoms with E-state index in [-0.39, 0.29) is 74.3 Å². The van der Waals surface area contributed by atoms with Gasteiger partial charge in [0.15, 0.2) is 52.1 Å². The Bertz CT molecular complexity index is 608. The molecule has 1 fully saturated rings. The summed E-state index contributed by atoms with van der Waals surface area (Å²) in [6.07, 6.45) is 0. The zero-order valence-electron chi connectivity index (χ0n) is 28.5. The van der Waals surface area contributed by atoms with Gasteiger partial charge in [-0.15, -0.1) is 0 Å². The molecule has 0 bridgehead atoms. The summed E-state index contributed by atoms with van der Waals surface area (Å²) in [7, 11) is -12.1. The molecule has 0 amide bonds. The summed E-state index contributed by atoms with van der Waals surface area (Å²) in [5.41, 5.74) is 0. The quantitative estimate of drug-likeness (QED) is 0.203. The van der Waals surface area contributed by atoms with Crippen molar-refractivity contribution >= 4 is 78.5 Å². The molecule has 0 aliphatic carbocycles. The van der Waals surface area contributed by atoms with Crippen molar-refractivity contribution in [3.63, 3.8) is 0 Å². The van der Waals surface area contributed by atoms with E-state index < -0.39 is 78.5 Å². The van der Waals surface area contributed by atoms with Crippen molar-refractivity contribution in [2.75, 3.05) is 13.2 Å². The van der Waals surface area contributed by atoms with Gasteiger partial charge in [-0.3, -0.25) is 0 Å². The van der Waals surface area contributed by atoms with Crippen LogP contribution in [0, 0.1) is 0 Å². The first-order chi connectivity index (χ1) is 16.7. The van der Waals surface area contributed by atoms with E-state index in [0.717, 1.165) is 13.2 Å². The molecule has 0 radical (unpaired) electrons. The number of rotatable bonds is 10. The summed E-state index contributed by atoms with van der Waals surface area (Å²) < 4.78 is 41.5. The van der Waals surface area contributed by atoms with Crippen molar-refractivity contribution in [3.8, 4) is 0 Å². The van der Waals surface area contributed by atoms with Gasteiger partial charge in [0.05, 0.1) is 0 Å². The van der Waals surface area contributed by atoms with Crippen molar-refractivity contribution in [3.05, 3.63) is 0 Å². The third kappa shape index (κ3) is 59.8. The van der Waals surface area contributed by atoms with Crippen LogP contribution in [0.3, 0.4) is 0 Å². The van der Waals surface area contributed by atoms with Crippen LogP contribution in [0.5, 0.6) is 0 Å². The molecule has 2 unspecified atom stereocenters. The van der Waals surface area contributed by atoms with Gasteiger partial charge in [0, 0.05) is 13.2 Å². The second-order valence-electron chi connectivity index (χ2n) is 14.1. The highest BCUT2D eigenvalue weighted by molar-refractivity contribution is 6.85. The molecular weight excluding hydrogens is 749 g/mol. The normalized spacial score (nSPS) is 15.9. The van der Waals surface area contributed by atoms with Gasteiger partial charge in [-0.2, -0.15) is 0 Å². The molecule has 0 N–H and O–H groups in total. The second kappa shape index (κ2) is 37.0. The summed E-state index contributed by atoms with van der Waals surface area (Å²) in [5, 5.41) is 0. The van der Waals surface area contributed by atoms with Crippen LogP contribution in [0.2, 0.25) is 130 Å². The van der Waals surface area contributed by atoms with Gasteiger partial charge in [-0.1, -0.05) is 74.3 Å². The van der Waals surface area contributed by atoms with Crippen LogP contribution in [0.4, 0.5) is 0 Å². The summed E-state index contributed by atoms with van der Waals surface area (Å²) >= 11 is 0. The van der Waals surface area contributed by atoms with Crippen molar-refractivity contribution in [2.45, 2.75) is 204 Å². The molecule has 1 heterocycles. The third-order valence-electron chi connectivity index (χ3n) is 4.68. The van der Waals surface area contributed by atoms with E-state index in [0.29, 0.717) is 0 Å².